The van der Waals surface area contributed by atoms with Crippen molar-refractivity contribution in [3.05, 3.63) is 92.9 Å². The van der Waals surface area contributed by atoms with E-state index in [1.54, 1.807) is 6.20 Å². The Bertz CT molecular complexity index is 1070. The molecule has 2 aromatic carbocycles. The summed E-state index contributed by atoms with van der Waals surface area (Å²) in [5.41, 5.74) is 4.24. The van der Waals surface area contributed by atoms with Crippen molar-refractivity contribution in [2.75, 3.05) is 0 Å². The van der Waals surface area contributed by atoms with Crippen LogP contribution in [0.4, 0.5) is 0 Å². The van der Waals surface area contributed by atoms with Crippen LogP contribution < -0.4 is 5.56 Å². The minimum Gasteiger partial charge on any atom is -0.296 e. The first kappa shape index (κ1) is 14.9. The van der Waals surface area contributed by atoms with Gasteiger partial charge < -0.3 is 0 Å². The first-order chi connectivity index (χ1) is 11.7. The average Bonchev–Trinajstić information content (AvgIpc) is 3.03. The van der Waals surface area contributed by atoms with Gasteiger partial charge in [0, 0.05) is 34.4 Å². The largest absolute Gasteiger partial charge is 0.296 e. The van der Waals surface area contributed by atoms with Gasteiger partial charge in [0.15, 0.2) is 5.65 Å². The highest BCUT2D eigenvalue weighted by molar-refractivity contribution is 9.10. The van der Waals surface area contributed by atoms with E-state index in [0.29, 0.717) is 17.6 Å². The molecule has 0 aliphatic carbocycles. The quantitative estimate of drug-likeness (QED) is 0.583. The zero-order valence-electron chi connectivity index (χ0n) is 12.7. The van der Waals surface area contributed by atoms with Crippen LogP contribution in [0, 0.1) is 0 Å². The average molecular weight is 380 g/mol. The number of nitrogens with zero attached hydrogens (tertiary/aromatic N) is 2. The Labute approximate surface area is 146 Å². The van der Waals surface area contributed by atoms with Gasteiger partial charge in [-0.05, 0) is 23.3 Å². The Morgan fingerprint density at radius 2 is 1.92 bits per heavy atom. The van der Waals surface area contributed by atoms with Crippen molar-refractivity contribution < 1.29 is 0 Å². The molecule has 0 aliphatic rings. The van der Waals surface area contributed by atoms with Crippen LogP contribution in [-0.4, -0.2) is 14.6 Å². The molecule has 0 bridgehead atoms. The van der Waals surface area contributed by atoms with E-state index in [9.17, 15) is 4.79 Å². The van der Waals surface area contributed by atoms with E-state index in [4.69, 9.17) is 0 Å². The van der Waals surface area contributed by atoms with Gasteiger partial charge in [0.2, 0.25) is 0 Å². The van der Waals surface area contributed by atoms with Crippen molar-refractivity contribution >= 4 is 21.6 Å². The molecule has 0 spiro atoms. The number of hydrogen-bond donors (Lipinski definition) is 1. The summed E-state index contributed by atoms with van der Waals surface area (Å²) in [7, 11) is 0. The smallest absolute Gasteiger partial charge is 0.276 e. The predicted molar refractivity (Wildman–Crippen MR) is 98.2 cm³/mol. The molecule has 4 nitrogen and oxygen atoms in total. The second kappa shape index (κ2) is 6.09. The lowest BCUT2D eigenvalue weighted by Gasteiger charge is -2.03. The molecule has 4 aromatic rings. The third-order valence-electron chi connectivity index (χ3n) is 3.98. The van der Waals surface area contributed by atoms with Crippen LogP contribution in [0.5, 0.6) is 0 Å². The lowest BCUT2D eigenvalue weighted by atomic mass is 10.1. The van der Waals surface area contributed by atoms with Crippen LogP contribution in [0.25, 0.3) is 16.8 Å². The van der Waals surface area contributed by atoms with Crippen molar-refractivity contribution in [1.82, 2.24) is 14.6 Å². The number of rotatable bonds is 3. The number of nitrogens with one attached hydrogen (secondary N) is 1. The Balaban J connectivity index is 1.80. The maximum Gasteiger partial charge on any atom is 0.276 e. The highest BCUT2D eigenvalue weighted by Crippen LogP contribution is 2.25. The van der Waals surface area contributed by atoms with Crippen molar-refractivity contribution in [3.63, 3.8) is 0 Å². The molecule has 0 atom stereocenters. The van der Waals surface area contributed by atoms with E-state index in [2.05, 4.69) is 26.0 Å². The summed E-state index contributed by atoms with van der Waals surface area (Å²) in [5.74, 6) is 0. The minimum absolute atomic E-state index is 0.0647. The molecule has 5 heteroatoms. The lowest BCUT2D eigenvalue weighted by Crippen LogP contribution is -2.19. The van der Waals surface area contributed by atoms with Crippen molar-refractivity contribution in [2.45, 2.75) is 6.42 Å². The van der Waals surface area contributed by atoms with E-state index < -0.39 is 0 Å². The van der Waals surface area contributed by atoms with Crippen molar-refractivity contribution in [3.8, 4) is 11.1 Å². The Morgan fingerprint density at radius 1 is 1.08 bits per heavy atom. The number of aromatic nitrogens is 3. The Hall–Kier alpha value is -2.66. The van der Waals surface area contributed by atoms with Gasteiger partial charge in [-0.2, -0.15) is 0 Å². The molecular weight excluding hydrogens is 366 g/mol. The number of halogens is 1. The standard InChI is InChI=1S/C19H14BrN3O/c20-16-8-4-7-14(10-16)17-12-22-23-18(17)21-11-15(19(23)24)9-13-5-2-1-3-6-13/h1-8,10-12,22H,9H2. The van der Waals surface area contributed by atoms with Gasteiger partial charge in [0.25, 0.3) is 5.56 Å². The summed E-state index contributed by atoms with van der Waals surface area (Å²) in [6.45, 7) is 0. The van der Waals surface area contributed by atoms with Gasteiger partial charge in [-0.25, -0.2) is 9.50 Å². The lowest BCUT2D eigenvalue weighted by molar-refractivity contribution is 0.873. The fraction of sp³-hybridized carbons (Fsp3) is 0.0526. The van der Waals surface area contributed by atoms with Crippen LogP contribution in [0.1, 0.15) is 11.1 Å². The molecule has 0 radical (unpaired) electrons. The summed E-state index contributed by atoms with van der Waals surface area (Å²) >= 11 is 3.48. The molecule has 24 heavy (non-hydrogen) atoms. The molecule has 0 saturated carbocycles. The Kier molecular flexibility index (Phi) is 3.78. The van der Waals surface area contributed by atoms with Crippen LogP contribution in [0.15, 0.2) is 76.3 Å². The summed E-state index contributed by atoms with van der Waals surface area (Å²) in [6.07, 6.45) is 4.07. The third kappa shape index (κ3) is 2.67. The third-order valence-corrected chi connectivity index (χ3v) is 4.48. The fourth-order valence-corrected chi connectivity index (χ4v) is 3.20. The number of hydrogen-bond acceptors (Lipinski definition) is 2. The molecule has 1 N–H and O–H groups in total. The van der Waals surface area contributed by atoms with Crippen molar-refractivity contribution in [2.24, 2.45) is 0 Å². The van der Waals surface area contributed by atoms with Gasteiger partial charge in [0.05, 0.1) is 0 Å². The maximum atomic E-state index is 12.7. The van der Waals surface area contributed by atoms with E-state index in [0.717, 1.165) is 21.2 Å². The Morgan fingerprint density at radius 3 is 2.71 bits per heavy atom. The maximum absolute atomic E-state index is 12.7. The molecule has 0 aliphatic heterocycles. The number of H-pyrrole nitrogens is 1. The molecule has 2 heterocycles. The topological polar surface area (TPSA) is 50.2 Å². The van der Waals surface area contributed by atoms with Gasteiger partial charge in [0.1, 0.15) is 0 Å². The molecule has 0 saturated heterocycles. The number of fused-ring (bicyclic) bond motifs is 1. The van der Waals surface area contributed by atoms with Crippen molar-refractivity contribution in [1.29, 1.82) is 0 Å². The van der Waals surface area contributed by atoms with Gasteiger partial charge in [-0.15, -0.1) is 0 Å². The number of aromatic amines is 1. The molecular formula is C19H14BrN3O. The molecule has 0 amide bonds. The van der Waals surface area contributed by atoms with Gasteiger partial charge >= 0.3 is 0 Å². The molecule has 118 valence electrons. The zero-order chi connectivity index (χ0) is 16.5. The SMILES string of the molecule is O=c1c(Cc2ccccc2)cnc2c(-c3cccc(Br)c3)c[nH]n12. The minimum atomic E-state index is -0.0647. The summed E-state index contributed by atoms with van der Waals surface area (Å²) < 4.78 is 2.50. The molecule has 2 aromatic heterocycles. The molecule has 0 unspecified atom stereocenters. The first-order valence-electron chi connectivity index (χ1n) is 7.60. The van der Waals surface area contributed by atoms with E-state index in [1.165, 1.54) is 4.52 Å². The first-order valence-corrected chi connectivity index (χ1v) is 8.39. The molecule has 0 fully saturated rings. The monoisotopic (exact) mass is 379 g/mol. The van der Waals surface area contributed by atoms with Crippen LogP contribution >= 0.6 is 15.9 Å². The zero-order valence-corrected chi connectivity index (χ0v) is 14.3. The summed E-state index contributed by atoms with van der Waals surface area (Å²) in [4.78, 5) is 17.2. The van der Waals surface area contributed by atoms with E-state index >= 15 is 0 Å². The highest BCUT2D eigenvalue weighted by atomic mass is 79.9. The second-order valence-corrected chi connectivity index (χ2v) is 6.52. The fourth-order valence-electron chi connectivity index (χ4n) is 2.80. The predicted octanol–water partition coefficient (Wildman–Crippen LogP) is 4.04. The molecule has 4 rings (SSSR count). The highest BCUT2D eigenvalue weighted by Gasteiger charge is 2.12. The van der Waals surface area contributed by atoms with Crippen LogP contribution in [0.2, 0.25) is 0 Å². The number of benzene rings is 2. The van der Waals surface area contributed by atoms with Gasteiger partial charge in [-0.1, -0.05) is 58.4 Å². The van der Waals surface area contributed by atoms with Gasteiger partial charge in [-0.3, -0.25) is 9.89 Å². The normalized spacial score (nSPS) is 11.0. The van der Waals surface area contributed by atoms with Crippen LogP contribution in [-0.2, 0) is 6.42 Å². The van der Waals surface area contributed by atoms with Crippen LogP contribution in [0.3, 0.4) is 0 Å². The van der Waals surface area contributed by atoms with E-state index in [-0.39, 0.29) is 5.56 Å². The summed E-state index contributed by atoms with van der Waals surface area (Å²) in [6, 6.07) is 17.9. The second-order valence-electron chi connectivity index (χ2n) is 5.61. The summed E-state index contributed by atoms with van der Waals surface area (Å²) in [5, 5.41) is 3.03. The van der Waals surface area contributed by atoms with E-state index in [1.807, 2.05) is 60.8 Å².